The fraction of sp³-hybridized carbons (Fsp3) is 0.667. The van der Waals surface area contributed by atoms with Crippen molar-refractivity contribution in [2.75, 3.05) is 11.9 Å². The van der Waals surface area contributed by atoms with Crippen LogP contribution in [-0.4, -0.2) is 12.6 Å². The molecule has 0 radical (unpaired) electrons. The summed E-state index contributed by atoms with van der Waals surface area (Å²) >= 11 is 0. The molecule has 1 aromatic carbocycles. The number of fused-ring (bicyclic) bond motifs is 2. The predicted octanol–water partition coefficient (Wildman–Crippen LogP) is 4.71. The molecule has 2 nitrogen and oxygen atoms in total. The summed E-state index contributed by atoms with van der Waals surface area (Å²) in [6.45, 7) is 10.1. The molecule has 0 aromatic heterocycles. The van der Waals surface area contributed by atoms with Crippen molar-refractivity contribution in [3.63, 3.8) is 0 Å². The summed E-state index contributed by atoms with van der Waals surface area (Å²) in [6, 6.07) is 8.89. The largest absolute Gasteiger partial charge is 0.492 e. The third kappa shape index (κ3) is 2.01. The lowest BCUT2D eigenvalue weighted by Gasteiger charge is -2.43. The molecule has 2 bridgehead atoms. The van der Waals surface area contributed by atoms with Gasteiger partial charge in [0.25, 0.3) is 0 Å². The van der Waals surface area contributed by atoms with E-state index in [2.05, 4.69) is 44.3 Å². The molecule has 3 atom stereocenters. The maximum Gasteiger partial charge on any atom is 0.142 e. The molecule has 1 N–H and O–H groups in total. The molecule has 0 amide bonds. The van der Waals surface area contributed by atoms with E-state index in [4.69, 9.17) is 4.74 Å². The first-order valence-corrected chi connectivity index (χ1v) is 7.96. The summed E-state index contributed by atoms with van der Waals surface area (Å²) in [5.74, 6) is 1.85. The standard InChI is InChI=1S/C18H27NO/c1-5-20-15-9-7-6-8-14(15)19-16-17(2,3)13-10-11-18(16,4)12-13/h6-9,13,16,19H,5,10-12H2,1-4H3. The van der Waals surface area contributed by atoms with Crippen molar-refractivity contribution < 1.29 is 4.74 Å². The molecule has 0 spiro atoms. The van der Waals surface area contributed by atoms with Crippen molar-refractivity contribution in [1.29, 1.82) is 0 Å². The van der Waals surface area contributed by atoms with E-state index in [1.54, 1.807) is 0 Å². The third-order valence-corrected chi connectivity index (χ3v) is 5.76. The van der Waals surface area contributed by atoms with Crippen LogP contribution in [0.3, 0.4) is 0 Å². The average molecular weight is 273 g/mol. The van der Waals surface area contributed by atoms with E-state index in [9.17, 15) is 0 Å². The average Bonchev–Trinajstić information content (AvgIpc) is 2.88. The van der Waals surface area contributed by atoms with Crippen LogP contribution < -0.4 is 10.1 Å². The fourth-order valence-electron chi connectivity index (χ4n) is 4.69. The van der Waals surface area contributed by atoms with E-state index in [0.29, 0.717) is 23.5 Å². The molecule has 2 fully saturated rings. The number of nitrogens with one attached hydrogen (secondary N) is 1. The van der Waals surface area contributed by atoms with Crippen LogP contribution >= 0.6 is 0 Å². The maximum atomic E-state index is 5.77. The van der Waals surface area contributed by atoms with E-state index in [0.717, 1.165) is 17.4 Å². The Morgan fingerprint density at radius 2 is 2.00 bits per heavy atom. The van der Waals surface area contributed by atoms with Crippen molar-refractivity contribution in [1.82, 2.24) is 0 Å². The van der Waals surface area contributed by atoms with Crippen LogP contribution in [0.1, 0.15) is 47.0 Å². The number of anilines is 1. The van der Waals surface area contributed by atoms with Gasteiger partial charge in [0.15, 0.2) is 0 Å². The van der Waals surface area contributed by atoms with E-state index < -0.39 is 0 Å². The van der Waals surface area contributed by atoms with E-state index >= 15 is 0 Å². The quantitative estimate of drug-likeness (QED) is 0.857. The molecule has 110 valence electrons. The Kier molecular flexibility index (Phi) is 3.23. The van der Waals surface area contributed by atoms with Gasteiger partial charge in [-0.1, -0.05) is 32.9 Å². The lowest BCUT2D eigenvalue weighted by Crippen LogP contribution is -2.45. The highest BCUT2D eigenvalue weighted by molar-refractivity contribution is 5.57. The number of para-hydroxylation sites is 2. The second-order valence-corrected chi connectivity index (χ2v) is 7.42. The summed E-state index contributed by atoms with van der Waals surface area (Å²) in [6.07, 6.45) is 4.12. The smallest absolute Gasteiger partial charge is 0.142 e. The fourth-order valence-corrected chi connectivity index (χ4v) is 4.69. The molecule has 2 aliphatic carbocycles. The molecular formula is C18H27NO. The molecule has 0 heterocycles. The van der Waals surface area contributed by atoms with Gasteiger partial charge in [-0.05, 0) is 55.1 Å². The summed E-state index contributed by atoms with van der Waals surface area (Å²) in [7, 11) is 0. The monoisotopic (exact) mass is 273 g/mol. The summed E-state index contributed by atoms with van der Waals surface area (Å²) < 4.78 is 5.77. The summed E-state index contributed by atoms with van der Waals surface area (Å²) in [5, 5.41) is 3.83. The van der Waals surface area contributed by atoms with Crippen LogP contribution in [0.15, 0.2) is 24.3 Å². The SMILES string of the molecule is CCOc1ccccc1NC1C2(C)CCC(C2)C1(C)C. The van der Waals surface area contributed by atoms with E-state index in [1.165, 1.54) is 19.3 Å². The van der Waals surface area contributed by atoms with Crippen LogP contribution in [0.2, 0.25) is 0 Å². The highest BCUT2D eigenvalue weighted by atomic mass is 16.5. The van der Waals surface area contributed by atoms with Crippen molar-refractivity contribution in [2.45, 2.75) is 53.0 Å². The van der Waals surface area contributed by atoms with Crippen LogP contribution in [0.5, 0.6) is 5.75 Å². The van der Waals surface area contributed by atoms with Crippen molar-refractivity contribution in [3.05, 3.63) is 24.3 Å². The molecule has 3 unspecified atom stereocenters. The predicted molar refractivity (Wildman–Crippen MR) is 84.3 cm³/mol. The van der Waals surface area contributed by atoms with Gasteiger partial charge in [-0.25, -0.2) is 0 Å². The number of benzene rings is 1. The van der Waals surface area contributed by atoms with Crippen LogP contribution in [0.4, 0.5) is 5.69 Å². The van der Waals surface area contributed by atoms with E-state index in [1.807, 2.05) is 13.0 Å². The molecule has 0 aliphatic heterocycles. The molecule has 20 heavy (non-hydrogen) atoms. The van der Waals surface area contributed by atoms with Gasteiger partial charge in [0, 0.05) is 6.04 Å². The molecule has 2 heteroatoms. The second kappa shape index (κ2) is 4.68. The zero-order valence-electron chi connectivity index (χ0n) is 13.2. The van der Waals surface area contributed by atoms with Crippen LogP contribution in [0.25, 0.3) is 0 Å². The van der Waals surface area contributed by atoms with Crippen molar-refractivity contribution in [2.24, 2.45) is 16.7 Å². The minimum Gasteiger partial charge on any atom is -0.492 e. The first-order chi connectivity index (χ1) is 9.47. The summed E-state index contributed by atoms with van der Waals surface area (Å²) in [5.41, 5.74) is 1.96. The van der Waals surface area contributed by atoms with Gasteiger partial charge in [0.1, 0.15) is 5.75 Å². The zero-order chi connectivity index (χ0) is 14.4. The third-order valence-electron chi connectivity index (χ3n) is 5.76. The Morgan fingerprint density at radius 1 is 1.25 bits per heavy atom. The number of ether oxygens (including phenoxy) is 1. The second-order valence-electron chi connectivity index (χ2n) is 7.42. The number of rotatable bonds is 4. The summed E-state index contributed by atoms with van der Waals surface area (Å²) in [4.78, 5) is 0. The normalized spacial score (nSPS) is 34.2. The van der Waals surface area contributed by atoms with Crippen LogP contribution in [0, 0.1) is 16.7 Å². The van der Waals surface area contributed by atoms with E-state index in [-0.39, 0.29) is 0 Å². The zero-order valence-corrected chi connectivity index (χ0v) is 13.2. The minimum atomic E-state index is 0.367. The van der Waals surface area contributed by atoms with Gasteiger partial charge in [-0.3, -0.25) is 0 Å². The first-order valence-electron chi connectivity index (χ1n) is 7.96. The van der Waals surface area contributed by atoms with Gasteiger partial charge >= 0.3 is 0 Å². The molecule has 3 rings (SSSR count). The highest BCUT2D eigenvalue weighted by Crippen LogP contribution is 2.63. The Morgan fingerprint density at radius 3 is 2.65 bits per heavy atom. The maximum absolute atomic E-state index is 5.77. The first kappa shape index (κ1) is 13.8. The molecular weight excluding hydrogens is 246 g/mol. The number of hydrogen-bond acceptors (Lipinski definition) is 2. The van der Waals surface area contributed by atoms with Gasteiger partial charge in [-0.2, -0.15) is 0 Å². The Labute approximate surface area is 122 Å². The molecule has 0 saturated heterocycles. The molecule has 2 saturated carbocycles. The number of hydrogen-bond donors (Lipinski definition) is 1. The van der Waals surface area contributed by atoms with Gasteiger partial charge < -0.3 is 10.1 Å². The van der Waals surface area contributed by atoms with Crippen LogP contribution in [-0.2, 0) is 0 Å². The Bertz CT molecular complexity index is 491. The van der Waals surface area contributed by atoms with Crippen molar-refractivity contribution in [3.8, 4) is 5.75 Å². The van der Waals surface area contributed by atoms with Gasteiger partial charge in [-0.15, -0.1) is 0 Å². The van der Waals surface area contributed by atoms with Gasteiger partial charge in [0.05, 0.1) is 12.3 Å². The van der Waals surface area contributed by atoms with Crippen molar-refractivity contribution >= 4 is 5.69 Å². The Balaban J connectivity index is 1.88. The lowest BCUT2D eigenvalue weighted by atomic mass is 9.68. The van der Waals surface area contributed by atoms with Gasteiger partial charge in [0.2, 0.25) is 0 Å². The molecule has 2 aliphatic rings. The minimum absolute atomic E-state index is 0.367. The lowest BCUT2D eigenvalue weighted by molar-refractivity contribution is 0.155. The Hall–Kier alpha value is -1.18. The highest BCUT2D eigenvalue weighted by Gasteiger charge is 2.59. The molecule has 1 aromatic rings. The topological polar surface area (TPSA) is 21.3 Å².